The van der Waals surface area contributed by atoms with Gasteiger partial charge in [0, 0.05) is 27.8 Å². The molecule has 4 nitrogen and oxygen atoms in total. The fraction of sp³-hybridized carbons (Fsp3) is 0.0488. The van der Waals surface area contributed by atoms with Gasteiger partial charge in [-0.25, -0.2) is 15.0 Å². The number of aromatic nitrogens is 3. The fourth-order valence-electron chi connectivity index (χ4n) is 6.55. The maximum atomic E-state index is 6.48. The summed E-state index contributed by atoms with van der Waals surface area (Å²) in [6.07, 6.45) is 13.9. The van der Waals surface area contributed by atoms with Crippen molar-refractivity contribution >= 4 is 38.3 Å². The molecule has 2 aliphatic carbocycles. The third kappa shape index (κ3) is 4.50. The standard InChI is InChI=1S/C41H27N3O/c1-2-12-28(13-3-1)39-42-40(32-21-19-27-11-5-7-15-30(27)23-32)44-41(43-39)35-24-33(31-20-18-26-10-4-6-14-29(26)22-31)25-37-38(35)34-16-8-9-17-36(34)45-37/h1-22,24-25,30H,23H2. The van der Waals surface area contributed by atoms with Gasteiger partial charge in [-0.05, 0) is 63.7 Å². The molecule has 0 N–H and O–H groups in total. The van der Waals surface area contributed by atoms with Crippen molar-refractivity contribution in [2.24, 2.45) is 5.92 Å². The molecule has 5 aromatic carbocycles. The Balaban J connectivity index is 1.30. The van der Waals surface area contributed by atoms with E-state index in [0.29, 0.717) is 23.4 Å². The molecule has 0 spiro atoms. The van der Waals surface area contributed by atoms with Crippen molar-refractivity contribution in [3.8, 4) is 33.9 Å². The minimum absolute atomic E-state index is 0.316. The summed E-state index contributed by atoms with van der Waals surface area (Å²) in [6, 6.07) is 37.7. The topological polar surface area (TPSA) is 51.8 Å². The first-order valence-electron chi connectivity index (χ1n) is 15.3. The molecule has 0 saturated carbocycles. The van der Waals surface area contributed by atoms with E-state index in [9.17, 15) is 0 Å². The van der Waals surface area contributed by atoms with E-state index in [4.69, 9.17) is 19.4 Å². The third-order valence-electron chi connectivity index (χ3n) is 8.84. The number of benzene rings is 5. The van der Waals surface area contributed by atoms with E-state index in [1.54, 1.807) is 0 Å². The second-order valence-corrected chi connectivity index (χ2v) is 11.6. The average Bonchev–Trinajstić information content (AvgIpc) is 3.49. The van der Waals surface area contributed by atoms with E-state index in [0.717, 1.165) is 56.2 Å². The van der Waals surface area contributed by atoms with Gasteiger partial charge in [0.05, 0.1) is 0 Å². The molecule has 0 radical (unpaired) electrons. The monoisotopic (exact) mass is 577 g/mol. The maximum Gasteiger partial charge on any atom is 0.164 e. The van der Waals surface area contributed by atoms with Gasteiger partial charge in [-0.2, -0.15) is 0 Å². The van der Waals surface area contributed by atoms with Crippen molar-refractivity contribution in [2.75, 3.05) is 0 Å². The molecule has 1 unspecified atom stereocenters. The molecule has 0 saturated heterocycles. The normalized spacial score (nSPS) is 15.8. The van der Waals surface area contributed by atoms with Gasteiger partial charge < -0.3 is 4.42 Å². The molecule has 9 rings (SSSR count). The molecule has 2 aromatic heterocycles. The second-order valence-electron chi connectivity index (χ2n) is 11.6. The SMILES string of the molecule is C1=CC2=CC=C(c3nc(-c4ccccc4)nc(-c4cc(-c5ccc6ccccc6c5)cc5oc6ccccc6c45)n3)CC2C=C1. The van der Waals surface area contributed by atoms with Gasteiger partial charge in [-0.15, -0.1) is 0 Å². The number of furan rings is 1. The van der Waals surface area contributed by atoms with Crippen LogP contribution in [-0.4, -0.2) is 15.0 Å². The van der Waals surface area contributed by atoms with Crippen LogP contribution in [0.15, 0.2) is 156 Å². The Morgan fingerprint density at radius 1 is 0.578 bits per heavy atom. The molecular weight excluding hydrogens is 550 g/mol. The molecule has 2 heterocycles. The van der Waals surface area contributed by atoms with E-state index in [2.05, 4.69) is 115 Å². The van der Waals surface area contributed by atoms with Crippen LogP contribution in [0.25, 0.3) is 72.2 Å². The Morgan fingerprint density at radius 3 is 2.31 bits per heavy atom. The number of nitrogens with zero attached hydrogens (tertiary/aromatic N) is 3. The molecule has 0 bridgehead atoms. The Labute approximate surface area is 260 Å². The minimum atomic E-state index is 0.316. The highest BCUT2D eigenvalue weighted by atomic mass is 16.3. The predicted octanol–water partition coefficient (Wildman–Crippen LogP) is 10.4. The van der Waals surface area contributed by atoms with Crippen LogP contribution in [-0.2, 0) is 0 Å². The number of hydrogen-bond acceptors (Lipinski definition) is 4. The summed E-state index contributed by atoms with van der Waals surface area (Å²) in [4.78, 5) is 15.4. The van der Waals surface area contributed by atoms with Gasteiger partial charge in [-0.1, -0.05) is 121 Å². The van der Waals surface area contributed by atoms with E-state index in [-0.39, 0.29) is 0 Å². The van der Waals surface area contributed by atoms with E-state index in [1.807, 2.05) is 30.3 Å². The Kier molecular flexibility index (Phi) is 5.91. The first-order chi connectivity index (χ1) is 22.3. The summed E-state index contributed by atoms with van der Waals surface area (Å²) in [5.41, 5.74) is 8.10. The summed E-state index contributed by atoms with van der Waals surface area (Å²) in [5.74, 6) is 2.31. The molecule has 0 fully saturated rings. The van der Waals surface area contributed by atoms with Crippen molar-refractivity contribution in [3.05, 3.63) is 157 Å². The lowest BCUT2D eigenvalue weighted by molar-refractivity contribution is 0.669. The zero-order valence-corrected chi connectivity index (χ0v) is 24.4. The van der Waals surface area contributed by atoms with E-state index < -0.39 is 0 Å². The Morgan fingerprint density at radius 2 is 1.38 bits per heavy atom. The molecular formula is C41H27N3O. The van der Waals surface area contributed by atoms with Crippen LogP contribution < -0.4 is 0 Å². The largest absolute Gasteiger partial charge is 0.456 e. The molecule has 7 aromatic rings. The fourth-order valence-corrected chi connectivity index (χ4v) is 6.55. The van der Waals surface area contributed by atoms with Crippen LogP contribution in [0.4, 0.5) is 0 Å². The number of allylic oxidation sites excluding steroid dienone is 8. The average molecular weight is 578 g/mol. The number of rotatable bonds is 4. The van der Waals surface area contributed by atoms with Crippen LogP contribution in [0, 0.1) is 5.92 Å². The molecule has 4 heteroatoms. The minimum Gasteiger partial charge on any atom is -0.456 e. The Hall–Kier alpha value is -5.87. The van der Waals surface area contributed by atoms with E-state index >= 15 is 0 Å². The van der Waals surface area contributed by atoms with Gasteiger partial charge in [0.25, 0.3) is 0 Å². The quantitative estimate of drug-likeness (QED) is 0.209. The van der Waals surface area contributed by atoms with Gasteiger partial charge in [0.1, 0.15) is 11.2 Å². The lowest BCUT2D eigenvalue weighted by Crippen LogP contribution is -2.10. The molecule has 212 valence electrons. The van der Waals surface area contributed by atoms with Gasteiger partial charge in [0.2, 0.25) is 0 Å². The number of fused-ring (bicyclic) bond motifs is 5. The maximum absolute atomic E-state index is 6.48. The van der Waals surface area contributed by atoms with E-state index in [1.165, 1.54) is 16.3 Å². The van der Waals surface area contributed by atoms with Crippen LogP contribution in [0.2, 0.25) is 0 Å². The molecule has 1 atom stereocenters. The number of para-hydroxylation sites is 1. The highest BCUT2D eigenvalue weighted by molar-refractivity contribution is 6.13. The predicted molar refractivity (Wildman–Crippen MR) is 183 cm³/mol. The summed E-state index contributed by atoms with van der Waals surface area (Å²) >= 11 is 0. The molecule has 0 aliphatic heterocycles. The van der Waals surface area contributed by atoms with Crippen molar-refractivity contribution in [1.29, 1.82) is 0 Å². The third-order valence-corrected chi connectivity index (χ3v) is 8.84. The van der Waals surface area contributed by atoms with Crippen LogP contribution >= 0.6 is 0 Å². The van der Waals surface area contributed by atoms with Crippen LogP contribution in [0.3, 0.4) is 0 Å². The lowest BCUT2D eigenvalue weighted by atomic mass is 9.84. The van der Waals surface area contributed by atoms with Crippen molar-refractivity contribution in [2.45, 2.75) is 6.42 Å². The highest BCUT2D eigenvalue weighted by Gasteiger charge is 2.23. The van der Waals surface area contributed by atoms with Crippen LogP contribution in [0.5, 0.6) is 0 Å². The molecule has 0 amide bonds. The van der Waals surface area contributed by atoms with Crippen molar-refractivity contribution in [3.63, 3.8) is 0 Å². The summed E-state index contributed by atoms with van der Waals surface area (Å²) in [5, 5.41) is 4.45. The summed E-state index contributed by atoms with van der Waals surface area (Å²) in [6.45, 7) is 0. The highest BCUT2D eigenvalue weighted by Crippen LogP contribution is 2.41. The summed E-state index contributed by atoms with van der Waals surface area (Å²) in [7, 11) is 0. The zero-order valence-electron chi connectivity index (χ0n) is 24.4. The second kappa shape index (κ2) is 10.4. The lowest BCUT2D eigenvalue weighted by Gasteiger charge is -2.22. The molecule has 2 aliphatic rings. The first kappa shape index (κ1) is 25.6. The summed E-state index contributed by atoms with van der Waals surface area (Å²) < 4.78 is 6.48. The smallest absolute Gasteiger partial charge is 0.164 e. The van der Waals surface area contributed by atoms with Crippen LogP contribution in [0.1, 0.15) is 12.2 Å². The van der Waals surface area contributed by atoms with Gasteiger partial charge in [0.15, 0.2) is 17.5 Å². The van der Waals surface area contributed by atoms with Crippen molar-refractivity contribution < 1.29 is 4.42 Å². The van der Waals surface area contributed by atoms with Gasteiger partial charge >= 0.3 is 0 Å². The molecule has 45 heavy (non-hydrogen) atoms. The van der Waals surface area contributed by atoms with Gasteiger partial charge in [-0.3, -0.25) is 0 Å². The first-order valence-corrected chi connectivity index (χ1v) is 15.3. The zero-order chi connectivity index (χ0) is 29.7. The van der Waals surface area contributed by atoms with Crippen molar-refractivity contribution in [1.82, 2.24) is 15.0 Å². The Bertz CT molecular complexity index is 2410. The number of hydrogen-bond donors (Lipinski definition) is 0.